The van der Waals surface area contributed by atoms with Crippen LogP contribution in [0.4, 0.5) is 0 Å². The molecule has 1 N–H and O–H groups in total. The highest BCUT2D eigenvalue weighted by Gasteiger charge is 2.41. The van der Waals surface area contributed by atoms with Gasteiger partial charge in [-0.1, -0.05) is 90.1 Å². The van der Waals surface area contributed by atoms with E-state index in [0.29, 0.717) is 12.0 Å². The lowest BCUT2D eigenvalue weighted by Crippen LogP contribution is -2.54. The molecule has 3 unspecified atom stereocenters. The highest BCUT2D eigenvalue weighted by atomic mass is 16.5. The maximum Gasteiger partial charge on any atom is 0.0901 e. The molecule has 1 aliphatic carbocycles. The van der Waals surface area contributed by atoms with E-state index >= 15 is 0 Å². The number of benzene rings is 2. The first-order valence-corrected chi connectivity index (χ1v) is 11.6. The van der Waals surface area contributed by atoms with Gasteiger partial charge in [-0.15, -0.1) is 0 Å². The highest BCUT2D eigenvalue weighted by Crippen LogP contribution is 2.49. The van der Waals surface area contributed by atoms with Crippen LogP contribution in [0.25, 0.3) is 0 Å². The van der Waals surface area contributed by atoms with Gasteiger partial charge in [0.2, 0.25) is 0 Å². The molecular formula is C26H40N2O. The Kier molecular flexibility index (Phi) is 9.86. The molecular weight excluding hydrogens is 356 g/mol. The zero-order valence-electron chi connectivity index (χ0n) is 19.2. The zero-order valence-corrected chi connectivity index (χ0v) is 19.2. The van der Waals surface area contributed by atoms with Crippen LogP contribution in [0, 0.1) is 0 Å². The zero-order chi connectivity index (χ0) is 21.2. The summed E-state index contributed by atoms with van der Waals surface area (Å²) >= 11 is 0. The minimum Gasteiger partial charge on any atom is -0.368 e. The predicted octanol–water partition coefficient (Wildman–Crippen LogP) is 6.10. The van der Waals surface area contributed by atoms with E-state index < -0.39 is 0 Å². The summed E-state index contributed by atoms with van der Waals surface area (Å²) in [6.07, 6.45) is 2.72. The first kappa shape index (κ1) is 23.6. The predicted molar refractivity (Wildman–Crippen MR) is 124 cm³/mol. The van der Waals surface area contributed by atoms with Gasteiger partial charge < -0.3 is 4.74 Å². The average molecular weight is 397 g/mol. The van der Waals surface area contributed by atoms with Crippen LogP contribution in [0.3, 0.4) is 0 Å². The second kappa shape index (κ2) is 12.1. The van der Waals surface area contributed by atoms with Gasteiger partial charge in [0.05, 0.1) is 25.5 Å². The van der Waals surface area contributed by atoms with Gasteiger partial charge in [0.25, 0.3) is 0 Å². The van der Waals surface area contributed by atoms with E-state index in [1.165, 1.54) is 22.3 Å². The van der Waals surface area contributed by atoms with Crippen molar-refractivity contribution in [2.24, 2.45) is 0 Å². The summed E-state index contributed by atoms with van der Waals surface area (Å²) in [5.41, 5.74) is 5.80. The third-order valence-electron chi connectivity index (χ3n) is 5.55. The number of hydrogen-bond acceptors (Lipinski definition) is 3. The van der Waals surface area contributed by atoms with Crippen LogP contribution in [0.2, 0.25) is 0 Å². The van der Waals surface area contributed by atoms with E-state index in [1.807, 2.05) is 41.5 Å². The minimum absolute atomic E-state index is 0.217. The number of ether oxygens (including phenoxy) is 1. The first-order valence-electron chi connectivity index (χ1n) is 11.6. The van der Waals surface area contributed by atoms with Crippen LogP contribution in [-0.2, 0) is 11.2 Å². The molecule has 2 aromatic rings. The molecule has 0 bridgehead atoms. The molecule has 3 heteroatoms. The first-order chi connectivity index (χ1) is 14.4. The van der Waals surface area contributed by atoms with Crippen molar-refractivity contribution < 1.29 is 4.74 Å². The number of hydrogen-bond donors (Lipinski definition) is 1. The van der Waals surface area contributed by atoms with Crippen molar-refractivity contribution in [3.63, 3.8) is 0 Å². The van der Waals surface area contributed by atoms with Crippen molar-refractivity contribution in [1.82, 2.24) is 10.2 Å². The van der Waals surface area contributed by atoms with Crippen molar-refractivity contribution in [2.45, 2.75) is 72.5 Å². The number of nitrogens with one attached hydrogen (secondary N) is 1. The smallest absolute Gasteiger partial charge is 0.0901 e. The Morgan fingerprint density at radius 1 is 0.828 bits per heavy atom. The standard InChI is InChI=1S/C20H22N2O.3C2H6/c1-3-7-17-14(5-1)9-15-6-2-4-8-18(15)20-19(17)10-16(23-20)11-22-12-21-13-22;3*1-2/h1-8,16,19-21H,9-13H2;3*1-2H3. The molecule has 0 spiro atoms. The summed E-state index contributed by atoms with van der Waals surface area (Å²) < 4.78 is 6.57. The topological polar surface area (TPSA) is 24.5 Å². The number of fused-ring (bicyclic) bond motifs is 5. The molecule has 3 aliphatic rings. The Balaban J connectivity index is 0.000000461. The second-order valence-electron chi connectivity index (χ2n) is 7.01. The molecule has 0 saturated carbocycles. The average Bonchev–Trinajstić information content (AvgIpc) is 3.14. The largest absolute Gasteiger partial charge is 0.368 e. The third-order valence-corrected chi connectivity index (χ3v) is 5.55. The van der Waals surface area contributed by atoms with E-state index in [-0.39, 0.29) is 6.10 Å². The summed E-state index contributed by atoms with van der Waals surface area (Å²) in [5.74, 6) is 0.495. The fraction of sp³-hybridized carbons (Fsp3) is 0.538. The SMILES string of the molecule is CC.CC.CC.c1ccc2c(c1)Cc1ccccc1C1OC(CN3CNC3)CC21. The van der Waals surface area contributed by atoms with E-state index in [4.69, 9.17) is 4.74 Å². The summed E-state index contributed by atoms with van der Waals surface area (Å²) in [5, 5.41) is 3.31. The Morgan fingerprint density at radius 3 is 1.97 bits per heavy atom. The lowest BCUT2D eigenvalue weighted by molar-refractivity contribution is -0.000234. The fourth-order valence-corrected chi connectivity index (χ4v) is 4.38. The van der Waals surface area contributed by atoms with E-state index in [9.17, 15) is 0 Å². The molecule has 0 amide bonds. The normalized spacial score (nSPS) is 23.7. The Hall–Kier alpha value is -1.68. The van der Waals surface area contributed by atoms with Gasteiger partial charge in [0.1, 0.15) is 0 Å². The van der Waals surface area contributed by atoms with Gasteiger partial charge in [-0.25, -0.2) is 0 Å². The van der Waals surface area contributed by atoms with Crippen molar-refractivity contribution in [3.05, 3.63) is 70.8 Å². The van der Waals surface area contributed by atoms with Crippen molar-refractivity contribution in [3.8, 4) is 0 Å². The molecule has 2 saturated heterocycles. The van der Waals surface area contributed by atoms with Crippen LogP contribution < -0.4 is 5.32 Å². The van der Waals surface area contributed by atoms with Gasteiger partial charge in [0, 0.05) is 12.5 Å². The maximum absolute atomic E-state index is 6.57. The molecule has 3 atom stereocenters. The van der Waals surface area contributed by atoms with Gasteiger partial charge in [0.15, 0.2) is 0 Å². The van der Waals surface area contributed by atoms with Gasteiger partial charge in [-0.05, 0) is 35.1 Å². The molecule has 5 rings (SSSR count). The van der Waals surface area contributed by atoms with Crippen molar-refractivity contribution in [2.75, 3.05) is 19.9 Å². The van der Waals surface area contributed by atoms with Crippen LogP contribution in [0.15, 0.2) is 48.5 Å². The second-order valence-corrected chi connectivity index (χ2v) is 7.01. The fourth-order valence-electron chi connectivity index (χ4n) is 4.38. The summed E-state index contributed by atoms with van der Waals surface area (Å²) in [7, 11) is 0. The summed E-state index contributed by atoms with van der Waals surface area (Å²) in [6.45, 7) is 15.1. The van der Waals surface area contributed by atoms with Crippen LogP contribution in [-0.4, -0.2) is 30.9 Å². The third kappa shape index (κ3) is 5.28. The number of nitrogens with zero attached hydrogens (tertiary/aromatic N) is 1. The Bertz CT molecular complexity index is 673. The number of rotatable bonds is 2. The summed E-state index contributed by atoms with van der Waals surface area (Å²) in [6, 6.07) is 17.8. The molecule has 2 aromatic carbocycles. The molecule has 29 heavy (non-hydrogen) atoms. The molecule has 160 valence electrons. The molecule has 0 aromatic heterocycles. The Labute approximate surface area is 178 Å². The van der Waals surface area contributed by atoms with Crippen molar-refractivity contribution >= 4 is 0 Å². The minimum atomic E-state index is 0.217. The van der Waals surface area contributed by atoms with Gasteiger partial charge in [-0.2, -0.15) is 0 Å². The van der Waals surface area contributed by atoms with E-state index in [1.54, 1.807) is 0 Å². The highest BCUT2D eigenvalue weighted by molar-refractivity contribution is 5.45. The maximum atomic E-state index is 6.57. The van der Waals surface area contributed by atoms with E-state index in [0.717, 1.165) is 32.7 Å². The molecule has 2 aliphatic heterocycles. The molecule has 3 nitrogen and oxygen atoms in total. The summed E-state index contributed by atoms with van der Waals surface area (Å²) in [4.78, 5) is 2.42. The monoisotopic (exact) mass is 396 g/mol. The van der Waals surface area contributed by atoms with E-state index in [2.05, 4.69) is 58.7 Å². The van der Waals surface area contributed by atoms with Crippen molar-refractivity contribution in [1.29, 1.82) is 0 Å². The lowest BCUT2D eigenvalue weighted by Gasteiger charge is -2.33. The quantitative estimate of drug-likeness (QED) is 0.663. The van der Waals surface area contributed by atoms with Gasteiger partial charge >= 0.3 is 0 Å². The molecule has 2 fully saturated rings. The van der Waals surface area contributed by atoms with Crippen LogP contribution in [0.5, 0.6) is 0 Å². The van der Waals surface area contributed by atoms with Gasteiger partial charge in [-0.3, -0.25) is 10.2 Å². The van der Waals surface area contributed by atoms with Crippen LogP contribution in [0.1, 0.15) is 82.2 Å². The molecule has 0 radical (unpaired) electrons. The lowest BCUT2D eigenvalue weighted by atomic mass is 9.87. The van der Waals surface area contributed by atoms with Crippen LogP contribution >= 0.6 is 0 Å². The Morgan fingerprint density at radius 2 is 1.38 bits per heavy atom. The molecule has 2 heterocycles.